The van der Waals surface area contributed by atoms with Gasteiger partial charge in [0.2, 0.25) is 0 Å². The number of benzene rings is 1. The molecule has 0 saturated heterocycles. The summed E-state index contributed by atoms with van der Waals surface area (Å²) in [5.41, 5.74) is 0.528. The van der Waals surface area contributed by atoms with Crippen LogP contribution in [0, 0.1) is 5.92 Å². The predicted octanol–water partition coefficient (Wildman–Crippen LogP) is 3.73. The largest absolute Gasteiger partial charge is 0.480 e. The van der Waals surface area contributed by atoms with Crippen LogP contribution in [0.25, 0.3) is 0 Å². The molecule has 0 saturated carbocycles. The molecule has 26 heavy (non-hydrogen) atoms. The van der Waals surface area contributed by atoms with Crippen LogP contribution in [0.1, 0.15) is 34.1 Å². The van der Waals surface area contributed by atoms with Crippen LogP contribution in [0.5, 0.6) is 0 Å². The topological polar surface area (TPSA) is 95.9 Å². The summed E-state index contributed by atoms with van der Waals surface area (Å²) in [6.45, 7) is 6.79. The van der Waals surface area contributed by atoms with Gasteiger partial charge in [0.25, 0.3) is 5.91 Å². The number of aliphatic carboxylic acids is 1. The standard InChI is InChI=1S/C18H25BrN2O5/c1-11(2)9-15(17(24)21(12(3)4)10-16(22)23)26-18(25)20-14-7-5-13(19)6-8-14/h5-8,11-12,15H,9-10H2,1-4H3,(H,20,25)(H,22,23)/t15-/m0/s1. The average Bonchev–Trinajstić information content (AvgIpc) is 2.52. The summed E-state index contributed by atoms with van der Waals surface area (Å²) >= 11 is 3.31. The number of carbonyl (C=O) groups is 3. The lowest BCUT2D eigenvalue weighted by atomic mass is 10.0. The minimum Gasteiger partial charge on any atom is -0.480 e. The van der Waals surface area contributed by atoms with Crippen LogP contribution in [0.3, 0.4) is 0 Å². The van der Waals surface area contributed by atoms with Crippen LogP contribution in [0.4, 0.5) is 10.5 Å². The van der Waals surface area contributed by atoms with Gasteiger partial charge in [0.15, 0.2) is 6.10 Å². The molecule has 0 radical (unpaired) electrons. The summed E-state index contributed by atoms with van der Waals surface area (Å²) in [4.78, 5) is 37.1. The molecule has 2 amide bonds. The number of hydrogen-bond acceptors (Lipinski definition) is 4. The minimum absolute atomic E-state index is 0.0864. The summed E-state index contributed by atoms with van der Waals surface area (Å²) in [7, 11) is 0. The van der Waals surface area contributed by atoms with Gasteiger partial charge < -0.3 is 14.7 Å². The van der Waals surface area contributed by atoms with Crippen molar-refractivity contribution in [2.75, 3.05) is 11.9 Å². The molecule has 0 spiro atoms. The monoisotopic (exact) mass is 428 g/mol. The van der Waals surface area contributed by atoms with Gasteiger partial charge >= 0.3 is 12.1 Å². The molecule has 0 bridgehead atoms. The summed E-state index contributed by atoms with van der Waals surface area (Å²) in [5.74, 6) is -1.54. The molecule has 0 aliphatic heterocycles. The summed E-state index contributed by atoms with van der Waals surface area (Å²) in [6, 6.07) is 6.58. The lowest BCUT2D eigenvalue weighted by Crippen LogP contribution is -2.48. The van der Waals surface area contributed by atoms with Gasteiger partial charge in [-0.2, -0.15) is 0 Å². The number of ether oxygens (including phenoxy) is 1. The molecule has 1 rings (SSSR count). The highest BCUT2D eigenvalue weighted by Gasteiger charge is 2.31. The van der Waals surface area contributed by atoms with Crippen LogP contribution in [0.2, 0.25) is 0 Å². The highest BCUT2D eigenvalue weighted by atomic mass is 79.9. The van der Waals surface area contributed by atoms with Gasteiger partial charge in [-0.1, -0.05) is 29.8 Å². The maximum Gasteiger partial charge on any atom is 0.412 e. The number of carbonyl (C=O) groups excluding carboxylic acids is 2. The molecule has 0 fully saturated rings. The second-order valence-electron chi connectivity index (χ2n) is 6.61. The molecule has 1 aromatic carbocycles. The number of amides is 2. The van der Waals surface area contributed by atoms with Crippen LogP contribution in [0.15, 0.2) is 28.7 Å². The first kappa shape index (κ1) is 22.0. The number of halogens is 1. The van der Waals surface area contributed by atoms with E-state index in [9.17, 15) is 14.4 Å². The van der Waals surface area contributed by atoms with Crippen molar-refractivity contribution >= 4 is 39.6 Å². The molecule has 0 aromatic heterocycles. The summed E-state index contributed by atoms with van der Waals surface area (Å²) in [5, 5.41) is 11.6. The van der Waals surface area contributed by atoms with Crippen molar-refractivity contribution in [2.45, 2.75) is 46.3 Å². The third kappa shape index (κ3) is 7.43. The zero-order valence-electron chi connectivity index (χ0n) is 15.4. The number of nitrogens with zero attached hydrogens (tertiary/aromatic N) is 1. The quantitative estimate of drug-likeness (QED) is 0.657. The van der Waals surface area contributed by atoms with E-state index in [2.05, 4.69) is 21.2 Å². The number of nitrogens with one attached hydrogen (secondary N) is 1. The summed E-state index contributed by atoms with van der Waals surface area (Å²) < 4.78 is 6.19. The number of carboxylic acid groups (broad SMARTS) is 1. The van der Waals surface area contributed by atoms with Crippen LogP contribution in [-0.4, -0.2) is 46.7 Å². The Labute approximate surface area is 161 Å². The SMILES string of the molecule is CC(C)C[C@H](OC(=O)Nc1ccc(Br)cc1)C(=O)N(CC(=O)O)C(C)C. The van der Waals surface area contributed by atoms with Crippen molar-refractivity contribution < 1.29 is 24.2 Å². The van der Waals surface area contributed by atoms with Crippen molar-refractivity contribution in [2.24, 2.45) is 5.92 Å². The average molecular weight is 429 g/mol. The Morgan fingerprint density at radius 3 is 2.19 bits per heavy atom. The highest BCUT2D eigenvalue weighted by molar-refractivity contribution is 9.10. The number of hydrogen-bond donors (Lipinski definition) is 2. The Morgan fingerprint density at radius 2 is 1.73 bits per heavy atom. The van der Waals surface area contributed by atoms with E-state index in [1.165, 1.54) is 4.90 Å². The van der Waals surface area contributed by atoms with Crippen molar-refractivity contribution in [3.8, 4) is 0 Å². The van der Waals surface area contributed by atoms with E-state index in [-0.39, 0.29) is 12.0 Å². The fourth-order valence-corrected chi connectivity index (χ4v) is 2.55. The predicted molar refractivity (Wildman–Crippen MR) is 102 cm³/mol. The maximum atomic E-state index is 12.7. The zero-order chi connectivity index (χ0) is 19.9. The number of rotatable bonds is 8. The zero-order valence-corrected chi connectivity index (χ0v) is 16.9. The molecule has 7 nitrogen and oxygen atoms in total. The first-order valence-electron chi connectivity index (χ1n) is 8.35. The highest BCUT2D eigenvalue weighted by Crippen LogP contribution is 2.17. The fraction of sp³-hybridized carbons (Fsp3) is 0.500. The maximum absolute atomic E-state index is 12.7. The van der Waals surface area contributed by atoms with Crippen LogP contribution >= 0.6 is 15.9 Å². The number of anilines is 1. The van der Waals surface area contributed by atoms with E-state index in [1.54, 1.807) is 38.1 Å². The molecular weight excluding hydrogens is 404 g/mol. The number of carboxylic acids is 1. The van der Waals surface area contributed by atoms with E-state index in [0.717, 1.165) is 4.47 Å². The van der Waals surface area contributed by atoms with Crippen molar-refractivity contribution in [3.63, 3.8) is 0 Å². The van der Waals surface area contributed by atoms with Crippen molar-refractivity contribution in [3.05, 3.63) is 28.7 Å². The Morgan fingerprint density at radius 1 is 1.15 bits per heavy atom. The molecule has 2 N–H and O–H groups in total. The van der Waals surface area contributed by atoms with Crippen LogP contribution in [-0.2, 0) is 14.3 Å². The van der Waals surface area contributed by atoms with E-state index in [1.807, 2.05) is 13.8 Å². The van der Waals surface area contributed by atoms with Crippen LogP contribution < -0.4 is 5.32 Å². The molecule has 144 valence electrons. The molecule has 0 heterocycles. The first-order valence-corrected chi connectivity index (χ1v) is 9.15. The van der Waals surface area contributed by atoms with Gasteiger partial charge in [-0.05, 0) is 50.5 Å². The molecule has 0 aliphatic carbocycles. The lowest BCUT2D eigenvalue weighted by molar-refractivity contribution is -0.150. The van der Waals surface area contributed by atoms with Gasteiger partial charge in [0, 0.05) is 16.2 Å². The first-order chi connectivity index (χ1) is 12.1. The normalized spacial score (nSPS) is 12.0. The van der Waals surface area contributed by atoms with Crippen molar-refractivity contribution in [1.82, 2.24) is 4.90 Å². The Kier molecular flexibility index (Phi) is 8.57. The third-order valence-corrected chi connectivity index (χ3v) is 4.04. The van der Waals surface area contributed by atoms with Gasteiger partial charge in [0.05, 0.1) is 0 Å². The Bertz CT molecular complexity index is 631. The smallest absolute Gasteiger partial charge is 0.412 e. The molecule has 0 aliphatic rings. The molecule has 1 atom stereocenters. The Balaban J connectivity index is 2.86. The minimum atomic E-state index is -1.12. The summed E-state index contributed by atoms with van der Waals surface area (Å²) in [6.07, 6.45) is -1.51. The fourth-order valence-electron chi connectivity index (χ4n) is 2.28. The second kappa shape index (κ2) is 10.2. The van der Waals surface area contributed by atoms with E-state index < -0.39 is 30.6 Å². The van der Waals surface area contributed by atoms with Gasteiger partial charge in [0.1, 0.15) is 6.54 Å². The van der Waals surface area contributed by atoms with E-state index in [4.69, 9.17) is 9.84 Å². The van der Waals surface area contributed by atoms with Gasteiger partial charge in [-0.25, -0.2) is 4.79 Å². The van der Waals surface area contributed by atoms with Crippen molar-refractivity contribution in [1.29, 1.82) is 0 Å². The molecule has 1 aromatic rings. The van der Waals surface area contributed by atoms with E-state index in [0.29, 0.717) is 12.1 Å². The lowest BCUT2D eigenvalue weighted by Gasteiger charge is -2.29. The van der Waals surface area contributed by atoms with Gasteiger partial charge in [-0.3, -0.25) is 14.9 Å². The van der Waals surface area contributed by atoms with Gasteiger partial charge in [-0.15, -0.1) is 0 Å². The second-order valence-corrected chi connectivity index (χ2v) is 7.52. The van der Waals surface area contributed by atoms with E-state index >= 15 is 0 Å². The molecule has 0 unspecified atom stereocenters. The third-order valence-electron chi connectivity index (χ3n) is 3.51. The molecular formula is C18H25BrN2O5. The molecule has 8 heteroatoms. The Hall–Kier alpha value is -2.09.